The van der Waals surface area contributed by atoms with Gasteiger partial charge in [0.1, 0.15) is 11.4 Å². The molecule has 8 heteroatoms. The van der Waals surface area contributed by atoms with E-state index < -0.39 is 23.2 Å². The molecule has 1 N–H and O–H groups in total. The molecule has 4 atom stereocenters. The number of hydrogen-bond acceptors (Lipinski definition) is 5. The molecule has 3 aromatic rings. The Balaban J connectivity index is 1.44. The molecule has 3 aliphatic rings. The minimum absolute atomic E-state index is 0.0364. The molecule has 1 spiro atoms. The highest BCUT2D eigenvalue weighted by Crippen LogP contribution is 2.55. The van der Waals surface area contributed by atoms with E-state index >= 15 is 0 Å². The fourth-order valence-electron chi connectivity index (χ4n) is 6.38. The molecule has 0 aromatic heterocycles. The molecule has 0 bridgehead atoms. The SMILES string of the molecule is CSCC[C@H]1N[C@]2(C(=O)N(Cc3ccccc3F)c3ccccc32)[C@@H]2C(=O)N(Cc3ccccc3)C(=O)[C@@H]21. The maximum absolute atomic E-state index is 14.6. The van der Waals surface area contributed by atoms with Crippen LogP contribution in [0.4, 0.5) is 10.1 Å². The molecule has 6 nitrogen and oxygen atoms in total. The molecule has 0 unspecified atom stereocenters. The molecule has 2 fully saturated rings. The van der Waals surface area contributed by atoms with Crippen LogP contribution in [0.25, 0.3) is 0 Å². The molecule has 3 aromatic carbocycles. The number of carbonyl (C=O) groups excluding carboxylic acids is 3. The number of nitrogens with one attached hydrogen (secondary N) is 1. The van der Waals surface area contributed by atoms with E-state index in [-0.39, 0.29) is 36.9 Å². The smallest absolute Gasteiger partial charge is 0.253 e. The number of anilines is 1. The first kappa shape index (κ1) is 24.8. The van der Waals surface area contributed by atoms with Gasteiger partial charge in [0.2, 0.25) is 11.8 Å². The number of nitrogens with zero attached hydrogens (tertiary/aromatic N) is 2. The Labute approximate surface area is 225 Å². The predicted octanol–water partition coefficient (Wildman–Crippen LogP) is 4.09. The van der Waals surface area contributed by atoms with Gasteiger partial charge in [0.15, 0.2) is 0 Å². The Bertz CT molecular complexity index is 1420. The van der Waals surface area contributed by atoms with Crippen molar-refractivity contribution in [2.45, 2.75) is 31.1 Å². The maximum atomic E-state index is 14.6. The number of thioether (sulfide) groups is 1. The van der Waals surface area contributed by atoms with E-state index in [1.165, 1.54) is 11.0 Å². The molecule has 6 rings (SSSR count). The summed E-state index contributed by atoms with van der Waals surface area (Å²) in [5, 5.41) is 3.52. The van der Waals surface area contributed by atoms with Crippen LogP contribution < -0.4 is 10.2 Å². The normalized spacial score (nSPS) is 25.9. The minimum atomic E-state index is -1.38. The zero-order chi connectivity index (χ0) is 26.4. The summed E-state index contributed by atoms with van der Waals surface area (Å²) in [4.78, 5) is 45.2. The van der Waals surface area contributed by atoms with Crippen LogP contribution in [-0.4, -0.2) is 40.7 Å². The van der Waals surface area contributed by atoms with E-state index in [9.17, 15) is 18.8 Å². The first-order valence-corrected chi connectivity index (χ1v) is 14.2. The molecule has 194 valence electrons. The number of halogens is 1. The van der Waals surface area contributed by atoms with E-state index in [1.807, 2.05) is 60.9 Å². The number of carbonyl (C=O) groups is 3. The van der Waals surface area contributed by atoms with Crippen molar-refractivity contribution in [1.82, 2.24) is 10.2 Å². The Morgan fingerprint density at radius 1 is 0.868 bits per heavy atom. The highest BCUT2D eigenvalue weighted by Gasteiger charge is 2.71. The summed E-state index contributed by atoms with van der Waals surface area (Å²) in [7, 11) is 0. The monoisotopic (exact) mass is 529 g/mol. The first-order chi connectivity index (χ1) is 18.5. The van der Waals surface area contributed by atoms with E-state index in [1.54, 1.807) is 34.9 Å². The third-order valence-electron chi connectivity index (χ3n) is 8.06. The fourth-order valence-corrected chi connectivity index (χ4v) is 6.87. The molecular formula is C30H28FN3O3S. The molecule has 38 heavy (non-hydrogen) atoms. The van der Waals surface area contributed by atoms with Crippen LogP contribution >= 0.6 is 11.8 Å². The topological polar surface area (TPSA) is 69.7 Å². The van der Waals surface area contributed by atoms with E-state index in [0.717, 1.165) is 11.3 Å². The van der Waals surface area contributed by atoms with Crippen molar-refractivity contribution < 1.29 is 18.8 Å². The van der Waals surface area contributed by atoms with Gasteiger partial charge in [-0.05, 0) is 36.1 Å². The number of hydrogen-bond donors (Lipinski definition) is 1. The van der Waals surface area contributed by atoms with Crippen molar-refractivity contribution in [1.29, 1.82) is 0 Å². The van der Waals surface area contributed by atoms with Crippen molar-refractivity contribution in [2.24, 2.45) is 11.8 Å². The molecule has 3 aliphatic heterocycles. The molecule has 0 radical (unpaired) electrons. The molecule has 2 saturated heterocycles. The maximum Gasteiger partial charge on any atom is 0.253 e. The van der Waals surface area contributed by atoms with Gasteiger partial charge in [-0.2, -0.15) is 11.8 Å². The van der Waals surface area contributed by atoms with E-state index in [0.29, 0.717) is 23.2 Å². The van der Waals surface area contributed by atoms with Crippen molar-refractivity contribution in [2.75, 3.05) is 16.9 Å². The summed E-state index contributed by atoms with van der Waals surface area (Å²) in [6, 6.07) is 22.8. The molecule has 0 aliphatic carbocycles. The standard InChI is InChI=1S/C30H28FN3O3S/c1-38-16-15-23-25-26(28(36)34(27(25)35)17-19-9-3-2-4-10-19)30(32-23)21-12-6-8-14-24(21)33(29(30)37)18-20-11-5-7-13-22(20)31/h2-14,23,25-26,32H,15-18H2,1H3/t23-,25-,26+,30+/m1/s1. The highest BCUT2D eigenvalue weighted by molar-refractivity contribution is 7.98. The van der Waals surface area contributed by atoms with Gasteiger partial charge in [0.25, 0.3) is 5.91 Å². The number of likely N-dealkylation sites (tertiary alicyclic amines) is 1. The predicted molar refractivity (Wildman–Crippen MR) is 145 cm³/mol. The summed E-state index contributed by atoms with van der Waals surface area (Å²) in [5.74, 6) is -2.02. The van der Waals surface area contributed by atoms with Crippen molar-refractivity contribution >= 4 is 35.2 Å². The largest absolute Gasteiger partial charge is 0.306 e. The second-order valence-electron chi connectivity index (χ2n) is 10.1. The van der Waals surface area contributed by atoms with Gasteiger partial charge >= 0.3 is 0 Å². The summed E-state index contributed by atoms with van der Waals surface area (Å²) in [6.45, 7) is 0.209. The van der Waals surface area contributed by atoms with Crippen LogP contribution in [0.5, 0.6) is 0 Å². The number of fused-ring (bicyclic) bond motifs is 4. The van der Waals surface area contributed by atoms with E-state index in [4.69, 9.17) is 0 Å². The Kier molecular flexibility index (Phi) is 6.32. The van der Waals surface area contributed by atoms with Gasteiger partial charge in [-0.15, -0.1) is 0 Å². The van der Waals surface area contributed by atoms with Crippen LogP contribution in [0, 0.1) is 17.7 Å². The zero-order valence-corrected chi connectivity index (χ0v) is 21.8. The summed E-state index contributed by atoms with van der Waals surface area (Å²) in [5.41, 5.74) is 1.18. The number of para-hydroxylation sites is 1. The molecule has 3 heterocycles. The lowest BCUT2D eigenvalue weighted by atomic mass is 9.76. The summed E-state index contributed by atoms with van der Waals surface area (Å²) >= 11 is 1.66. The summed E-state index contributed by atoms with van der Waals surface area (Å²) < 4.78 is 14.6. The number of rotatable bonds is 7. The van der Waals surface area contributed by atoms with Crippen LogP contribution in [0.3, 0.4) is 0 Å². The Hall–Kier alpha value is -3.49. The first-order valence-electron chi connectivity index (χ1n) is 12.8. The van der Waals surface area contributed by atoms with Gasteiger partial charge in [0.05, 0.1) is 24.9 Å². The average molecular weight is 530 g/mol. The summed E-state index contributed by atoms with van der Waals surface area (Å²) in [6.07, 6.45) is 2.64. The third kappa shape index (κ3) is 3.69. The quantitative estimate of drug-likeness (QED) is 0.467. The lowest BCUT2D eigenvalue weighted by Gasteiger charge is -2.30. The average Bonchev–Trinajstić information content (AvgIpc) is 3.49. The highest BCUT2D eigenvalue weighted by atomic mass is 32.2. The minimum Gasteiger partial charge on any atom is -0.306 e. The van der Waals surface area contributed by atoms with Crippen molar-refractivity contribution in [3.8, 4) is 0 Å². The van der Waals surface area contributed by atoms with Gasteiger partial charge in [-0.25, -0.2) is 4.39 Å². The zero-order valence-electron chi connectivity index (χ0n) is 21.0. The van der Waals surface area contributed by atoms with Gasteiger partial charge < -0.3 is 4.90 Å². The van der Waals surface area contributed by atoms with Crippen molar-refractivity contribution in [3.63, 3.8) is 0 Å². The number of imide groups is 1. The second kappa shape index (κ2) is 9.67. The molecule has 3 amide bonds. The fraction of sp³-hybridized carbons (Fsp3) is 0.300. The third-order valence-corrected chi connectivity index (χ3v) is 8.70. The van der Waals surface area contributed by atoms with Crippen molar-refractivity contribution in [3.05, 3.63) is 101 Å². The van der Waals surface area contributed by atoms with Gasteiger partial charge in [-0.1, -0.05) is 66.7 Å². The number of benzene rings is 3. The molecule has 0 saturated carbocycles. The van der Waals surface area contributed by atoms with Gasteiger partial charge in [-0.3, -0.25) is 24.6 Å². The number of amides is 3. The van der Waals surface area contributed by atoms with Crippen LogP contribution in [-0.2, 0) is 33.0 Å². The van der Waals surface area contributed by atoms with Crippen LogP contribution in [0.2, 0.25) is 0 Å². The second-order valence-corrected chi connectivity index (χ2v) is 11.1. The lowest BCUT2D eigenvalue weighted by Crippen LogP contribution is -2.55. The van der Waals surface area contributed by atoms with Crippen LogP contribution in [0.15, 0.2) is 78.9 Å². The Morgan fingerprint density at radius 2 is 1.58 bits per heavy atom. The molecular weight excluding hydrogens is 501 g/mol. The van der Waals surface area contributed by atoms with E-state index in [2.05, 4.69) is 5.32 Å². The lowest BCUT2D eigenvalue weighted by molar-refractivity contribution is -0.143. The Morgan fingerprint density at radius 3 is 2.34 bits per heavy atom. The van der Waals surface area contributed by atoms with Crippen LogP contribution in [0.1, 0.15) is 23.1 Å². The van der Waals surface area contributed by atoms with Gasteiger partial charge in [0, 0.05) is 22.9 Å².